The highest BCUT2D eigenvalue weighted by Gasteiger charge is 2.32. The zero-order valence-electron chi connectivity index (χ0n) is 21.1. The minimum absolute atomic E-state index is 0.00581. The van der Waals surface area contributed by atoms with Crippen LogP contribution in [0.25, 0.3) is 0 Å². The maximum absolute atomic E-state index is 13.8. The molecule has 0 aliphatic rings. The van der Waals surface area contributed by atoms with Crippen LogP contribution in [-0.2, 0) is 26.2 Å². The predicted octanol–water partition coefficient (Wildman–Crippen LogP) is 5.78. The number of rotatable bonds is 10. The van der Waals surface area contributed by atoms with Crippen LogP contribution in [0.2, 0.25) is 15.1 Å². The Morgan fingerprint density at radius 1 is 0.868 bits per heavy atom. The van der Waals surface area contributed by atoms with Gasteiger partial charge in [0.15, 0.2) is 0 Å². The lowest BCUT2D eigenvalue weighted by Gasteiger charge is -2.32. The van der Waals surface area contributed by atoms with Crippen molar-refractivity contribution in [3.63, 3.8) is 0 Å². The third-order valence-corrected chi connectivity index (χ3v) is 8.44. The molecule has 0 aromatic heterocycles. The van der Waals surface area contributed by atoms with Crippen LogP contribution in [0.15, 0.2) is 77.7 Å². The highest BCUT2D eigenvalue weighted by Crippen LogP contribution is 2.31. The fraction of sp³-hybridized carbons (Fsp3) is 0.259. The van der Waals surface area contributed by atoms with Gasteiger partial charge in [-0.2, -0.15) is 0 Å². The first-order valence-electron chi connectivity index (χ1n) is 11.8. The number of hydrogen-bond donors (Lipinski definition) is 1. The summed E-state index contributed by atoms with van der Waals surface area (Å²) in [5.74, 6) is -0.953. The summed E-state index contributed by atoms with van der Waals surface area (Å²) in [6.07, 6.45) is 0. The number of nitrogens with one attached hydrogen (secondary N) is 1. The standard InChI is InChI=1S/C27H28Cl3N3O4S/c1-18(2)31-27(35)19(3)32(16-20-9-11-21(28)12-10-20)26(34)17-33(22-13-14-24(29)25(30)15-22)38(36,37)23-7-5-4-6-8-23/h4-15,18-19H,16-17H2,1-3H3,(H,31,35)/t19-/m0/s1. The lowest BCUT2D eigenvalue weighted by molar-refractivity contribution is -0.139. The molecule has 2 amide bonds. The second kappa shape index (κ2) is 12.8. The molecule has 3 rings (SSSR count). The van der Waals surface area contributed by atoms with E-state index in [2.05, 4.69) is 5.32 Å². The van der Waals surface area contributed by atoms with Crippen LogP contribution in [0.3, 0.4) is 0 Å². The molecule has 202 valence electrons. The number of halogens is 3. The van der Waals surface area contributed by atoms with Crippen LogP contribution in [0.5, 0.6) is 0 Å². The molecule has 7 nitrogen and oxygen atoms in total. The van der Waals surface area contributed by atoms with Crippen molar-refractivity contribution in [2.75, 3.05) is 10.8 Å². The number of benzene rings is 3. The van der Waals surface area contributed by atoms with Crippen LogP contribution in [0, 0.1) is 0 Å². The molecule has 0 aliphatic heterocycles. The first kappa shape index (κ1) is 29.8. The van der Waals surface area contributed by atoms with Gasteiger partial charge in [0, 0.05) is 17.6 Å². The SMILES string of the molecule is CC(C)NC(=O)[C@H](C)N(Cc1ccc(Cl)cc1)C(=O)CN(c1ccc(Cl)c(Cl)c1)S(=O)(=O)c1ccccc1. The lowest BCUT2D eigenvalue weighted by atomic mass is 10.1. The van der Waals surface area contributed by atoms with Gasteiger partial charge in [0.1, 0.15) is 12.6 Å². The highest BCUT2D eigenvalue weighted by molar-refractivity contribution is 7.92. The van der Waals surface area contributed by atoms with E-state index in [1.165, 1.54) is 35.2 Å². The zero-order chi connectivity index (χ0) is 28.0. The molecule has 0 saturated heterocycles. The molecule has 1 N–H and O–H groups in total. The molecule has 11 heteroatoms. The Bertz CT molecular complexity index is 1380. The Kier molecular flexibility index (Phi) is 10.1. The van der Waals surface area contributed by atoms with E-state index in [0.29, 0.717) is 5.02 Å². The Hall–Kier alpha value is -2.78. The van der Waals surface area contributed by atoms with Crippen molar-refractivity contribution in [2.24, 2.45) is 0 Å². The van der Waals surface area contributed by atoms with Gasteiger partial charge in [-0.3, -0.25) is 13.9 Å². The van der Waals surface area contributed by atoms with Gasteiger partial charge in [-0.1, -0.05) is 65.1 Å². The van der Waals surface area contributed by atoms with Crippen molar-refractivity contribution in [1.29, 1.82) is 0 Å². The number of amides is 2. The van der Waals surface area contributed by atoms with E-state index in [-0.39, 0.29) is 39.1 Å². The molecule has 3 aromatic rings. The first-order valence-corrected chi connectivity index (χ1v) is 14.3. The average Bonchev–Trinajstić information content (AvgIpc) is 2.88. The minimum atomic E-state index is -4.19. The topological polar surface area (TPSA) is 86.8 Å². The van der Waals surface area contributed by atoms with Crippen LogP contribution in [-0.4, -0.2) is 43.8 Å². The van der Waals surface area contributed by atoms with E-state index in [4.69, 9.17) is 34.8 Å². The molecule has 0 heterocycles. The molecule has 3 aromatic carbocycles. The molecular formula is C27H28Cl3N3O4S. The molecule has 1 atom stereocenters. The summed E-state index contributed by atoms with van der Waals surface area (Å²) in [6, 6.07) is 17.9. The molecule has 0 saturated carbocycles. The number of hydrogen-bond acceptors (Lipinski definition) is 4. The van der Waals surface area contributed by atoms with Crippen LogP contribution < -0.4 is 9.62 Å². The summed E-state index contributed by atoms with van der Waals surface area (Å²) in [5, 5.41) is 3.70. The molecule has 0 unspecified atom stereocenters. The number of carbonyl (C=O) groups is 2. The quantitative estimate of drug-likeness (QED) is 0.321. The largest absolute Gasteiger partial charge is 0.352 e. The lowest BCUT2D eigenvalue weighted by Crippen LogP contribution is -2.52. The first-order chi connectivity index (χ1) is 17.9. The van der Waals surface area contributed by atoms with Gasteiger partial charge in [-0.25, -0.2) is 8.42 Å². The van der Waals surface area contributed by atoms with Crippen LogP contribution >= 0.6 is 34.8 Å². The van der Waals surface area contributed by atoms with Crippen molar-refractivity contribution >= 4 is 62.3 Å². The normalized spacial score (nSPS) is 12.2. The highest BCUT2D eigenvalue weighted by atomic mass is 35.5. The van der Waals surface area contributed by atoms with E-state index in [1.54, 1.807) is 49.4 Å². The third-order valence-electron chi connectivity index (χ3n) is 5.67. The molecule has 0 aliphatic carbocycles. The Morgan fingerprint density at radius 2 is 1.50 bits per heavy atom. The molecule has 0 radical (unpaired) electrons. The van der Waals surface area contributed by atoms with Crippen molar-refractivity contribution < 1.29 is 18.0 Å². The van der Waals surface area contributed by atoms with Gasteiger partial charge < -0.3 is 10.2 Å². The summed E-state index contributed by atoms with van der Waals surface area (Å²) in [5.41, 5.74) is 0.876. The van der Waals surface area contributed by atoms with Gasteiger partial charge in [0.2, 0.25) is 11.8 Å². The summed E-state index contributed by atoms with van der Waals surface area (Å²) >= 11 is 18.3. The fourth-order valence-corrected chi connectivity index (χ4v) is 5.51. The smallest absolute Gasteiger partial charge is 0.264 e. The monoisotopic (exact) mass is 595 g/mol. The summed E-state index contributed by atoms with van der Waals surface area (Å²) in [4.78, 5) is 28.1. The van der Waals surface area contributed by atoms with Crippen molar-refractivity contribution in [3.8, 4) is 0 Å². The van der Waals surface area contributed by atoms with Gasteiger partial charge in [-0.15, -0.1) is 0 Å². The Morgan fingerprint density at radius 3 is 2.08 bits per heavy atom. The van der Waals surface area contributed by atoms with E-state index < -0.39 is 28.5 Å². The van der Waals surface area contributed by atoms with Crippen molar-refractivity contribution in [2.45, 2.75) is 44.3 Å². The molecular weight excluding hydrogens is 569 g/mol. The average molecular weight is 597 g/mol. The van der Waals surface area contributed by atoms with Crippen LogP contribution in [0.1, 0.15) is 26.3 Å². The second-order valence-corrected chi connectivity index (χ2v) is 12.0. The zero-order valence-corrected chi connectivity index (χ0v) is 24.2. The molecule has 0 fully saturated rings. The van der Waals surface area contributed by atoms with Gasteiger partial charge in [0.05, 0.1) is 20.6 Å². The number of carbonyl (C=O) groups excluding carboxylic acids is 2. The molecule has 0 bridgehead atoms. The van der Waals surface area contributed by atoms with Crippen molar-refractivity contribution in [1.82, 2.24) is 10.2 Å². The number of anilines is 1. The number of sulfonamides is 1. The number of nitrogens with zero attached hydrogens (tertiary/aromatic N) is 2. The summed E-state index contributed by atoms with van der Waals surface area (Å²) < 4.78 is 28.4. The van der Waals surface area contributed by atoms with E-state index in [0.717, 1.165) is 9.87 Å². The van der Waals surface area contributed by atoms with Gasteiger partial charge >= 0.3 is 0 Å². The van der Waals surface area contributed by atoms with Crippen LogP contribution in [0.4, 0.5) is 5.69 Å². The summed E-state index contributed by atoms with van der Waals surface area (Å²) in [7, 11) is -4.19. The Balaban J connectivity index is 2.04. The minimum Gasteiger partial charge on any atom is -0.352 e. The van der Waals surface area contributed by atoms with E-state index >= 15 is 0 Å². The Labute approximate surface area is 238 Å². The predicted molar refractivity (Wildman–Crippen MR) is 152 cm³/mol. The second-order valence-electron chi connectivity index (χ2n) is 8.91. The van der Waals surface area contributed by atoms with Gasteiger partial charge in [0.25, 0.3) is 10.0 Å². The molecule has 0 spiro atoms. The maximum atomic E-state index is 13.8. The summed E-state index contributed by atoms with van der Waals surface area (Å²) in [6.45, 7) is 4.70. The van der Waals surface area contributed by atoms with E-state index in [9.17, 15) is 18.0 Å². The van der Waals surface area contributed by atoms with Gasteiger partial charge in [-0.05, 0) is 68.8 Å². The molecule has 38 heavy (non-hydrogen) atoms. The van der Waals surface area contributed by atoms with Crippen molar-refractivity contribution in [3.05, 3.63) is 93.4 Å². The fourth-order valence-electron chi connectivity index (χ4n) is 3.66. The van der Waals surface area contributed by atoms with E-state index in [1.807, 2.05) is 13.8 Å². The maximum Gasteiger partial charge on any atom is 0.264 e. The third kappa shape index (κ3) is 7.41.